The van der Waals surface area contributed by atoms with Crippen LogP contribution in [0.2, 0.25) is 0 Å². The first-order chi connectivity index (χ1) is 8.36. The number of aromatic hydroxyl groups is 1. The Morgan fingerprint density at radius 3 is 2.00 bits per heavy atom. The van der Waals surface area contributed by atoms with Crippen molar-refractivity contribution < 1.29 is 18.3 Å². The van der Waals surface area contributed by atoms with Crippen LogP contribution in [-0.4, -0.2) is 5.11 Å². The van der Waals surface area contributed by atoms with E-state index in [9.17, 15) is 18.3 Å². The predicted molar refractivity (Wildman–Crippen MR) is 63.0 cm³/mol. The van der Waals surface area contributed by atoms with Gasteiger partial charge in [0.05, 0.1) is 5.56 Å². The van der Waals surface area contributed by atoms with Crippen molar-refractivity contribution in [1.82, 2.24) is 0 Å². The molecule has 0 fully saturated rings. The van der Waals surface area contributed by atoms with Gasteiger partial charge in [-0.1, -0.05) is 12.1 Å². The lowest BCUT2D eigenvalue weighted by molar-refractivity contribution is -0.137. The van der Waals surface area contributed by atoms with Crippen LogP contribution in [-0.2, 0) is 6.18 Å². The lowest BCUT2D eigenvalue weighted by atomic mass is 10.0. The van der Waals surface area contributed by atoms with Crippen molar-refractivity contribution in [3.63, 3.8) is 0 Å². The van der Waals surface area contributed by atoms with Crippen LogP contribution < -0.4 is 5.73 Å². The van der Waals surface area contributed by atoms with Gasteiger partial charge in [0.1, 0.15) is 5.75 Å². The summed E-state index contributed by atoms with van der Waals surface area (Å²) >= 11 is 0. The van der Waals surface area contributed by atoms with E-state index in [2.05, 4.69) is 0 Å². The molecule has 0 unspecified atom stereocenters. The highest BCUT2D eigenvalue weighted by atomic mass is 19.4. The van der Waals surface area contributed by atoms with Gasteiger partial charge < -0.3 is 10.8 Å². The van der Waals surface area contributed by atoms with Crippen molar-refractivity contribution >= 4 is 5.69 Å². The van der Waals surface area contributed by atoms with Crippen LogP contribution in [0.5, 0.6) is 5.75 Å². The highest BCUT2D eigenvalue weighted by Gasteiger charge is 2.29. The van der Waals surface area contributed by atoms with Gasteiger partial charge in [-0.25, -0.2) is 0 Å². The molecular formula is C13H10F3NO. The van der Waals surface area contributed by atoms with Crippen molar-refractivity contribution in [2.75, 3.05) is 5.73 Å². The normalized spacial score (nSPS) is 11.5. The van der Waals surface area contributed by atoms with E-state index in [1.54, 1.807) is 6.07 Å². The molecule has 0 saturated heterocycles. The van der Waals surface area contributed by atoms with Crippen molar-refractivity contribution in [1.29, 1.82) is 0 Å². The quantitative estimate of drug-likeness (QED) is 0.762. The molecule has 0 heterocycles. The Bertz CT molecular complexity index is 541. The largest absolute Gasteiger partial charge is 0.508 e. The first kappa shape index (κ1) is 12.3. The fourth-order valence-electron chi connectivity index (χ4n) is 1.65. The summed E-state index contributed by atoms with van der Waals surface area (Å²) in [5, 5.41) is 9.38. The molecule has 0 radical (unpaired) electrons. The molecule has 2 nitrogen and oxygen atoms in total. The van der Waals surface area contributed by atoms with Gasteiger partial charge in [0.25, 0.3) is 0 Å². The first-order valence-electron chi connectivity index (χ1n) is 5.13. The summed E-state index contributed by atoms with van der Waals surface area (Å²) in [4.78, 5) is 0. The zero-order valence-electron chi connectivity index (χ0n) is 9.20. The zero-order chi connectivity index (χ0) is 13.3. The minimum atomic E-state index is -4.35. The maximum absolute atomic E-state index is 12.4. The van der Waals surface area contributed by atoms with E-state index in [4.69, 9.17) is 5.73 Å². The summed E-state index contributed by atoms with van der Waals surface area (Å²) in [6.07, 6.45) is -4.35. The van der Waals surface area contributed by atoms with Crippen molar-refractivity contribution in [2.45, 2.75) is 6.18 Å². The smallest absolute Gasteiger partial charge is 0.416 e. The van der Waals surface area contributed by atoms with Crippen LogP contribution in [0.15, 0.2) is 42.5 Å². The molecule has 0 spiro atoms. The molecule has 2 aromatic rings. The third kappa shape index (κ3) is 2.56. The number of rotatable bonds is 1. The first-order valence-corrected chi connectivity index (χ1v) is 5.13. The average molecular weight is 253 g/mol. The van der Waals surface area contributed by atoms with E-state index >= 15 is 0 Å². The van der Waals surface area contributed by atoms with Gasteiger partial charge in [0.15, 0.2) is 0 Å². The molecule has 3 N–H and O–H groups in total. The second-order valence-electron chi connectivity index (χ2n) is 3.89. The molecule has 0 amide bonds. The Labute approximate surface area is 101 Å². The second kappa shape index (κ2) is 4.25. The van der Waals surface area contributed by atoms with Crippen LogP contribution in [0.4, 0.5) is 18.9 Å². The lowest BCUT2D eigenvalue weighted by Crippen LogP contribution is -2.03. The third-order valence-corrected chi connectivity index (χ3v) is 2.49. The molecule has 0 atom stereocenters. The van der Waals surface area contributed by atoms with Crippen molar-refractivity contribution in [3.8, 4) is 16.9 Å². The predicted octanol–water partition coefficient (Wildman–Crippen LogP) is 3.66. The van der Waals surface area contributed by atoms with Gasteiger partial charge in [0.2, 0.25) is 0 Å². The SMILES string of the molecule is Nc1cc(O)cc(-c2ccc(C(F)(F)F)cc2)c1. The van der Waals surface area contributed by atoms with E-state index in [1.165, 1.54) is 24.3 Å². The monoisotopic (exact) mass is 253 g/mol. The summed E-state index contributed by atoms with van der Waals surface area (Å²) in [6.45, 7) is 0. The zero-order valence-corrected chi connectivity index (χ0v) is 9.20. The van der Waals surface area contributed by atoms with Gasteiger partial charge in [-0.2, -0.15) is 13.2 Å². The maximum Gasteiger partial charge on any atom is 0.416 e. The molecular weight excluding hydrogens is 243 g/mol. The van der Waals surface area contributed by atoms with E-state index in [-0.39, 0.29) is 5.75 Å². The van der Waals surface area contributed by atoms with Gasteiger partial charge in [0, 0.05) is 11.8 Å². The summed E-state index contributed by atoms with van der Waals surface area (Å²) < 4.78 is 37.2. The number of hydrogen-bond acceptors (Lipinski definition) is 2. The van der Waals surface area contributed by atoms with E-state index < -0.39 is 11.7 Å². The Hall–Kier alpha value is -2.17. The van der Waals surface area contributed by atoms with Gasteiger partial charge in [-0.15, -0.1) is 0 Å². The Morgan fingerprint density at radius 2 is 1.50 bits per heavy atom. The highest BCUT2D eigenvalue weighted by molar-refractivity contribution is 5.69. The number of phenolic OH excluding ortho intramolecular Hbond substituents is 1. The molecule has 0 saturated carbocycles. The molecule has 0 aliphatic rings. The number of halogens is 3. The number of benzene rings is 2. The summed E-state index contributed by atoms with van der Waals surface area (Å²) in [6, 6.07) is 9.08. The summed E-state index contributed by atoms with van der Waals surface area (Å²) in [5.74, 6) is -0.0232. The van der Waals surface area contributed by atoms with Gasteiger partial charge >= 0.3 is 6.18 Å². The molecule has 0 aliphatic carbocycles. The van der Waals surface area contributed by atoms with Crippen LogP contribution in [0, 0.1) is 0 Å². The molecule has 18 heavy (non-hydrogen) atoms. The average Bonchev–Trinajstić information content (AvgIpc) is 2.27. The Morgan fingerprint density at radius 1 is 0.889 bits per heavy atom. The van der Waals surface area contributed by atoms with Crippen molar-refractivity contribution in [3.05, 3.63) is 48.0 Å². The topological polar surface area (TPSA) is 46.2 Å². The Balaban J connectivity index is 2.40. The molecule has 0 aromatic heterocycles. The second-order valence-corrected chi connectivity index (χ2v) is 3.89. The molecule has 2 rings (SSSR count). The van der Waals surface area contributed by atoms with Gasteiger partial charge in [-0.3, -0.25) is 0 Å². The fraction of sp³-hybridized carbons (Fsp3) is 0.0769. The fourth-order valence-corrected chi connectivity index (χ4v) is 1.65. The Kier molecular flexibility index (Phi) is 2.90. The molecule has 0 bridgehead atoms. The van der Waals surface area contributed by atoms with Crippen LogP contribution >= 0.6 is 0 Å². The molecule has 2 aromatic carbocycles. The molecule has 5 heteroatoms. The minimum absolute atomic E-state index is 0.0232. The van der Waals surface area contributed by atoms with Gasteiger partial charge in [-0.05, 0) is 35.4 Å². The van der Waals surface area contributed by atoms with Crippen LogP contribution in [0.3, 0.4) is 0 Å². The number of hydrogen-bond donors (Lipinski definition) is 2. The van der Waals surface area contributed by atoms with E-state index in [0.717, 1.165) is 12.1 Å². The number of anilines is 1. The van der Waals surface area contributed by atoms with Crippen molar-refractivity contribution in [2.24, 2.45) is 0 Å². The molecule has 94 valence electrons. The van der Waals surface area contributed by atoms with E-state index in [1.807, 2.05) is 0 Å². The maximum atomic E-state index is 12.4. The third-order valence-electron chi connectivity index (χ3n) is 2.49. The summed E-state index contributed by atoms with van der Waals surface area (Å²) in [5.41, 5.74) is 6.33. The van der Waals surface area contributed by atoms with E-state index in [0.29, 0.717) is 16.8 Å². The number of phenols is 1. The summed E-state index contributed by atoms with van der Waals surface area (Å²) in [7, 11) is 0. The lowest BCUT2D eigenvalue weighted by Gasteiger charge is -2.08. The van der Waals surface area contributed by atoms with Crippen LogP contribution in [0.25, 0.3) is 11.1 Å². The van der Waals surface area contributed by atoms with Crippen LogP contribution in [0.1, 0.15) is 5.56 Å². The number of nitrogens with two attached hydrogens (primary N) is 1. The molecule has 0 aliphatic heterocycles. The number of alkyl halides is 3. The minimum Gasteiger partial charge on any atom is -0.508 e. The standard InChI is InChI=1S/C13H10F3NO/c14-13(15,16)10-3-1-8(2-4-10)9-5-11(17)7-12(18)6-9/h1-7,18H,17H2. The highest BCUT2D eigenvalue weighted by Crippen LogP contribution is 2.32. The number of nitrogen functional groups attached to an aromatic ring is 1.